The van der Waals surface area contributed by atoms with Gasteiger partial charge in [-0.05, 0) is 53.6 Å². The van der Waals surface area contributed by atoms with E-state index in [-0.39, 0.29) is 5.92 Å². The number of benzene rings is 2. The summed E-state index contributed by atoms with van der Waals surface area (Å²) in [6, 6.07) is 11.7. The Balaban J connectivity index is 2.50. The maximum Gasteiger partial charge on any atom is 0.248 e. The van der Waals surface area contributed by atoms with Gasteiger partial charge in [-0.1, -0.05) is 45.0 Å². The molecule has 0 aromatic heterocycles. The van der Waals surface area contributed by atoms with Crippen LogP contribution in [0.3, 0.4) is 0 Å². The fraction of sp³-hybridized carbons (Fsp3) is 0.333. The Bertz CT molecular complexity index is 731. The number of amides is 2. The number of aryl methyl sites for hydroxylation is 2. The molecule has 0 fully saturated rings. The molecule has 4 heteroatoms. The van der Waals surface area contributed by atoms with Gasteiger partial charge >= 0.3 is 0 Å². The van der Waals surface area contributed by atoms with E-state index in [1.165, 1.54) is 0 Å². The molecule has 0 aliphatic carbocycles. The highest BCUT2D eigenvalue weighted by Crippen LogP contribution is 2.31. The van der Waals surface area contributed by atoms with E-state index in [0.717, 1.165) is 41.5 Å². The average Bonchev–Trinajstić information content (AvgIpc) is 2.61. The van der Waals surface area contributed by atoms with Gasteiger partial charge in [-0.25, -0.2) is 0 Å². The highest BCUT2D eigenvalue weighted by Gasteiger charge is 2.17. The second-order valence-corrected chi connectivity index (χ2v) is 6.23. The van der Waals surface area contributed by atoms with Crippen LogP contribution < -0.4 is 11.5 Å². The lowest BCUT2D eigenvalue weighted by Crippen LogP contribution is -2.15. The summed E-state index contributed by atoms with van der Waals surface area (Å²) in [5.41, 5.74) is 16.3. The third kappa shape index (κ3) is 3.90. The molecule has 0 saturated heterocycles. The van der Waals surface area contributed by atoms with Crippen molar-refractivity contribution in [3.05, 3.63) is 69.8 Å². The first-order valence-electron chi connectivity index (χ1n) is 8.78. The third-order valence-corrected chi connectivity index (χ3v) is 4.76. The molecule has 0 saturated carbocycles. The third-order valence-electron chi connectivity index (χ3n) is 4.76. The quantitative estimate of drug-likeness (QED) is 0.809. The molecule has 0 atom stereocenters. The lowest BCUT2D eigenvalue weighted by molar-refractivity contribution is 0.0991. The van der Waals surface area contributed by atoms with Gasteiger partial charge in [0.15, 0.2) is 0 Å². The molecular formula is C21H26N2O2. The molecule has 0 bridgehead atoms. The molecule has 0 aliphatic rings. The summed E-state index contributed by atoms with van der Waals surface area (Å²) < 4.78 is 0. The van der Waals surface area contributed by atoms with Crippen LogP contribution in [0.15, 0.2) is 36.4 Å². The van der Waals surface area contributed by atoms with Crippen molar-refractivity contribution in [1.82, 2.24) is 0 Å². The summed E-state index contributed by atoms with van der Waals surface area (Å²) in [7, 11) is 0. The van der Waals surface area contributed by atoms with Crippen LogP contribution in [0.4, 0.5) is 0 Å². The van der Waals surface area contributed by atoms with Crippen LogP contribution >= 0.6 is 0 Å². The second kappa shape index (κ2) is 7.97. The average molecular weight is 338 g/mol. The SMILES string of the molecule is CCc1cc(C(CC)c2ccc(C(N)=O)c(CC)c2)ccc1C(N)=O. The molecule has 0 heterocycles. The Morgan fingerprint density at radius 1 is 0.800 bits per heavy atom. The summed E-state index contributed by atoms with van der Waals surface area (Å²) >= 11 is 0. The van der Waals surface area contributed by atoms with E-state index in [4.69, 9.17) is 11.5 Å². The minimum absolute atomic E-state index is 0.194. The predicted octanol–water partition coefficient (Wildman–Crippen LogP) is 3.55. The van der Waals surface area contributed by atoms with Crippen molar-refractivity contribution in [2.75, 3.05) is 0 Å². The van der Waals surface area contributed by atoms with Gasteiger partial charge in [-0.2, -0.15) is 0 Å². The molecule has 25 heavy (non-hydrogen) atoms. The summed E-state index contributed by atoms with van der Waals surface area (Å²) in [5, 5.41) is 0. The van der Waals surface area contributed by atoms with Gasteiger partial charge in [0.05, 0.1) is 0 Å². The van der Waals surface area contributed by atoms with Crippen LogP contribution in [-0.4, -0.2) is 11.8 Å². The molecular weight excluding hydrogens is 312 g/mol. The fourth-order valence-electron chi connectivity index (χ4n) is 3.39. The van der Waals surface area contributed by atoms with Crippen LogP contribution in [-0.2, 0) is 12.8 Å². The predicted molar refractivity (Wildman–Crippen MR) is 101 cm³/mol. The van der Waals surface area contributed by atoms with Crippen molar-refractivity contribution in [2.24, 2.45) is 11.5 Å². The normalized spacial score (nSPS) is 10.9. The molecule has 4 N–H and O–H groups in total. The summed E-state index contributed by atoms with van der Waals surface area (Å²) in [4.78, 5) is 23.1. The van der Waals surface area contributed by atoms with E-state index >= 15 is 0 Å². The van der Waals surface area contributed by atoms with E-state index in [9.17, 15) is 9.59 Å². The molecule has 132 valence electrons. The summed E-state index contributed by atoms with van der Waals surface area (Å²) in [5.74, 6) is -0.592. The molecule has 4 nitrogen and oxygen atoms in total. The molecule has 2 aromatic rings. The smallest absolute Gasteiger partial charge is 0.248 e. The number of hydrogen-bond donors (Lipinski definition) is 2. The first-order valence-corrected chi connectivity index (χ1v) is 8.78. The van der Waals surface area contributed by atoms with Gasteiger partial charge in [-0.15, -0.1) is 0 Å². The Kier molecular flexibility index (Phi) is 5.97. The maximum absolute atomic E-state index is 11.6. The second-order valence-electron chi connectivity index (χ2n) is 6.23. The number of primary amides is 2. The first kappa shape index (κ1) is 18.7. The minimum Gasteiger partial charge on any atom is -0.366 e. The van der Waals surface area contributed by atoms with Crippen LogP contribution in [0.5, 0.6) is 0 Å². The van der Waals surface area contributed by atoms with Crippen molar-refractivity contribution < 1.29 is 9.59 Å². The van der Waals surface area contributed by atoms with Gasteiger partial charge in [0.25, 0.3) is 0 Å². The number of hydrogen-bond acceptors (Lipinski definition) is 2. The monoisotopic (exact) mass is 338 g/mol. The Morgan fingerprint density at radius 2 is 1.20 bits per heavy atom. The largest absolute Gasteiger partial charge is 0.366 e. The lowest BCUT2D eigenvalue weighted by atomic mass is 9.85. The van der Waals surface area contributed by atoms with Gasteiger partial charge < -0.3 is 11.5 Å². The van der Waals surface area contributed by atoms with Crippen LogP contribution in [0, 0.1) is 0 Å². The van der Waals surface area contributed by atoms with E-state index in [1.54, 1.807) is 0 Å². The Morgan fingerprint density at radius 3 is 1.48 bits per heavy atom. The molecule has 2 amide bonds. The Labute approximate surface area is 149 Å². The van der Waals surface area contributed by atoms with E-state index in [1.807, 2.05) is 38.1 Å². The molecule has 0 unspecified atom stereocenters. The summed E-state index contributed by atoms with van der Waals surface area (Å²) in [6.07, 6.45) is 2.42. The van der Waals surface area contributed by atoms with Crippen molar-refractivity contribution in [1.29, 1.82) is 0 Å². The van der Waals surface area contributed by atoms with Gasteiger partial charge in [0.2, 0.25) is 11.8 Å². The van der Waals surface area contributed by atoms with Crippen LogP contribution in [0.1, 0.15) is 76.1 Å². The molecule has 2 rings (SSSR count). The molecule has 0 radical (unpaired) electrons. The lowest BCUT2D eigenvalue weighted by Gasteiger charge is -2.19. The summed E-state index contributed by atoms with van der Waals surface area (Å²) in [6.45, 7) is 6.17. The zero-order valence-corrected chi connectivity index (χ0v) is 15.1. The van der Waals surface area contributed by atoms with Crippen molar-refractivity contribution >= 4 is 11.8 Å². The van der Waals surface area contributed by atoms with Crippen LogP contribution in [0.2, 0.25) is 0 Å². The minimum atomic E-state index is -0.393. The highest BCUT2D eigenvalue weighted by atomic mass is 16.1. The van der Waals surface area contributed by atoms with Crippen molar-refractivity contribution in [3.63, 3.8) is 0 Å². The Hall–Kier alpha value is -2.62. The topological polar surface area (TPSA) is 86.2 Å². The number of carbonyl (C=O) groups is 2. The highest BCUT2D eigenvalue weighted by molar-refractivity contribution is 5.95. The van der Waals surface area contributed by atoms with Crippen molar-refractivity contribution in [2.45, 2.75) is 46.0 Å². The number of rotatable bonds is 7. The van der Waals surface area contributed by atoms with E-state index in [0.29, 0.717) is 11.1 Å². The molecule has 0 spiro atoms. The van der Waals surface area contributed by atoms with Gasteiger partial charge in [-0.3, -0.25) is 9.59 Å². The van der Waals surface area contributed by atoms with Gasteiger partial charge in [0, 0.05) is 17.0 Å². The number of nitrogens with two attached hydrogens (primary N) is 2. The standard InChI is InChI=1S/C21H26N2O2/c1-4-13-11-15(7-9-18(13)20(22)24)17(6-3)16-8-10-19(21(23)25)14(5-2)12-16/h7-12,17H,4-6H2,1-3H3,(H2,22,24)(H2,23,25). The first-order chi connectivity index (χ1) is 11.9. The molecule has 2 aromatic carbocycles. The zero-order chi connectivity index (χ0) is 18.6. The van der Waals surface area contributed by atoms with E-state index < -0.39 is 11.8 Å². The van der Waals surface area contributed by atoms with Gasteiger partial charge in [0.1, 0.15) is 0 Å². The number of carbonyl (C=O) groups excluding carboxylic acids is 2. The van der Waals surface area contributed by atoms with Crippen molar-refractivity contribution in [3.8, 4) is 0 Å². The maximum atomic E-state index is 11.6. The van der Waals surface area contributed by atoms with Crippen LogP contribution in [0.25, 0.3) is 0 Å². The molecule has 0 aliphatic heterocycles. The fourth-order valence-corrected chi connectivity index (χ4v) is 3.39. The zero-order valence-electron chi connectivity index (χ0n) is 15.1. The van der Waals surface area contributed by atoms with E-state index in [2.05, 4.69) is 19.1 Å².